The van der Waals surface area contributed by atoms with E-state index in [0.717, 1.165) is 28.0 Å². The van der Waals surface area contributed by atoms with Crippen molar-refractivity contribution in [1.29, 1.82) is 0 Å². The van der Waals surface area contributed by atoms with Crippen molar-refractivity contribution >= 4 is 33.1 Å². The summed E-state index contributed by atoms with van der Waals surface area (Å²) in [7, 11) is 0. The molecule has 0 radical (unpaired) electrons. The topological polar surface area (TPSA) is 60.3 Å². The van der Waals surface area contributed by atoms with E-state index in [-0.39, 0.29) is 16.8 Å². The van der Waals surface area contributed by atoms with Crippen LogP contribution >= 0.6 is 11.3 Å². The monoisotopic (exact) mass is 384 g/mol. The number of benzene rings is 2. The summed E-state index contributed by atoms with van der Waals surface area (Å²) in [6, 6.07) is 13.4. The largest absolute Gasteiger partial charge is 0.481 e. The van der Waals surface area contributed by atoms with Crippen LogP contribution in [0.4, 0.5) is 5.69 Å². The number of aryl methyl sites for hydroxylation is 1. The molecule has 0 spiro atoms. The van der Waals surface area contributed by atoms with Crippen LogP contribution in [0.3, 0.4) is 0 Å². The Labute approximate surface area is 162 Å². The first-order valence-corrected chi connectivity index (χ1v) is 9.93. The highest BCUT2D eigenvalue weighted by Gasteiger charge is 2.17. The van der Waals surface area contributed by atoms with Crippen molar-refractivity contribution in [3.8, 4) is 5.75 Å². The highest BCUT2D eigenvalue weighted by Crippen LogP contribution is 2.25. The van der Waals surface area contributed by atoms with E-state index in [2.05, 4.69) is 12.2 Å². The molecule has 6 heteroatoms. The van der Waals surface area contributed by atoms with E-state index in [1.807, 2.05) is 56.3 Å². The number of nitrogens with one attached hydrogen (secondary N) is 1. The molecule has 142 valence electrons. The molecule has 3 aromatic rings. The van der Waals surface area contributed by atoms with Gasteiger partial charge in [0.05, 0.1) is 10.2 Å². The van der Waals surface area contributed by atoms with Crippen LogP contribution in [0.25, 0.3) is 10.2 Å². The molecule has 0 aliphatic carbocycles. The Morgan fingerprint density at radius 3 is 2.63 bits per heavy atom. The molecular formula is C21H24N2O3S. The third-order valence-corrected chi connectivity index (χ3v) is 5.34. The van der Waals surface area contributed by atoms with Gasteiger partial charge < -0.3 is 10.1 Å². The average Bonchev–Trinajstić information content (AvgIpc) is 2.97. The van der Waals surface area contributed by atoms with Gasteiger partial charge in [-0.15, -0.1) is 0 Å². The van der Waals surface area contributed by atoms with Gasteiger partial charge in [-0.2, -0.15) is 0 Å². The second-order valence-corrected chi connectivity index (χ2v) is 7.72. The van der Waals surface area contributed by atoms with Gasteiger partial charge in [0.1, 0.15) is 5.75 Å². The lowest BCUT2D eigenvalue weighted by atomic mass is 10.1. The smallest absolute Gasteiger partial charge is 0.308 e. The first kappa shape index (κ1) is 19.2. The Morgan fingerprint density at radius 1 is 1.19 bits per heavy atom. The highest BCUT2D eigenvalue weighted by atomic mass is 32.1. The number of rotatable bonds is 6. The Balaban J connectivity index is 1.76. The third-order valence-electron chi connectivity index (χ3n) is 4.42. The van der Waals surface area contributed by atoms with Gasteiger partial charge in [0.15, 0.2) is 6.10 Å². The maximum atomic E-state index is 12.5. The summed E-state index contributed by atoms with van der Waals surface area (Å²) in [6.45, 7) is 7.75. The number of nitrogens with zero attached hydrogens (tertiary/aromatic N) is 1. The summed E-state index contributed by atoms with van der Waals surface area (Å²) in [5.41, 5.74) is 2.61. The van der Waals surface area contributed by atoms with Crippen LogP contribution < -0.4 is 14.9 Å². The van der Waals surface area contributed by atoms with Gasteiger partial charge in [0.2, 0.25) is 0 Å². The van der Waals surface area contributed by atoms with E-state index >= 15 is 0 Å². The van der Waals surface area contributed by atoms with Crippen molar-refractivity contribution in [3.05, 3.63) is 57.7 Å². The van der Waals surface area contributed by atoms with Gasteiger partial charge in [0, 0.05) is 11.7 Å². The second kappa shape index (κ2) is 7.96. The quantitative estimate of drug-likeness (QED) is 0.675. The Hall–Kier alpha value is -2.60. The fourth-order valence-corrected chi connectivity index (χ4v) is 4.05. The third kappa shape index (κ3) is 4.06. The predicted octanol–water partition coefficient (Wildman–Crippen LogP) is 4.61. The molecule has 1 amide bonds. The number of aromatic nitrogens is 1. The number of ether oxygens (including phenoxy) is 1. The van der Waals surface area contributed by atoms with Gasteiger partial charge in [-0.1, -0.05) is 36.5 Å². The van der Waals surface area contributed by atoms with E-state index in [4.69, 9.17) is 4.74 Å². The second-order valence-electron chi connectivity index (χ2n) is 6.72. The van der Waals surface area contributed by atoms with E-state index in [1.165, 1.54) is 11.3 Å². The van der Waals surface area contributed by atoms with E-state index in [0.29, 0.717) is 5.69 Å². The lowest BCUT2D eigenvalue weighted by molar-refractivity contribution is -0.122. The maximum Gasteiger partial charge on any atom is 0.308 e. The summed E-state index contributed by atoms with van der Waals surface area (Å²) in [5, 5.41) is 2.88. The number of hydrogen-bond donors (Lipinski definition) is 1. The minimum absolute atomic E-state index is 0.0105. The maximum absolute atomic E-state index is 12.5. The van der Waals surface area contributed by atoms with Gasteiger partial charge in [-0.3, -0.25) is 14.2 Å². The summed E-state index contributed by atoms with van der Waals surface area (Å²) in [4.78, 5) is 24.7. The number of fused-ring (bicyclic) bond motifs is 1. The minimum Gasteiger partial charge on any atom is -0.481 e. The summed E-state index contributed by atoms with van der Waals surface area (Å²) in [6.07, 6.45) is 0.208. The Kier molecular flexibility index (Phi) is 5.65. The van der Waals surface area contributed by atoms with E-state index in [1.54, 1.807) is 11.5 Å². The van der Waals surface area contributed by atoms with Crippen molar-refractivity contribution in [3.63, 3.8) is 0 Å². The van der Waals surface area contributed by atoms with Gasteiger partial charge in [-0.05, 0) is 57.0 Å². The van der Waals surface area contributed by atoms with Crippen LogP contribution in [0.15, 0.2) is 47.3 Å². The summed E-state index contributed by atoms with van der Waals surface area (Å²) < 4.78 is 8.47. The zero-order chi connectivity index (χ0) is 19.6. The van der Waals surface area contributed by atoms with Gasteiger partial charge in [-0.25, -0.2) is 0 Å². The molecule has 0 aliphatic heterocycles. The van der Waals surface area contributed by atoms with E-state index in [9.17, 15) is 9.59 Å². The zero-order valence-electron chi connectivity index (χ0n) is 16.0. The molecule has 0 aliphatic rings. The number of para-hydroxylation sites is 1. The number of anilines is 1. The Morgan fingerprint density at radius 2 is 1.93 bits per heavy atom. The average molecular weight is 385 g/mol. The van der Waals surface area contributed by atoms with E-state index < -0.39 is 6.10 Å². The van der Waals surface area contributed by atoms with Crippen LogP contribution in [-0.4, -0.2) is 16.6 Å². The standard InChI is InChI=1S/C21H24N2O3S/c1-5-15-8-6-7-9-18(15)26-14(4)20(24)22-16-10-11-17-19(12-16)27-21(25)23(17)13(2)3/h6-14H,5H2,1-4H3,(H,22,24)/t14-/m0/s1. The molecule has 3 rings (SSSR count). The number of thiazole rings is 1. The number of carbonyl (C=O) groups excluding carboxylic acids is 1. The normalized spacial score (nSPS) is 12.3. The fraction of sp³-hybridized carbons (Fsp3) is 0.333. The van der Waals surface area contributed by atoms with Crippen molar-refractivity contribution in [1.82, 2.24) is 4.57 Å². The summed E-state index contributed by atoms with van der Waals surface area (Å²) in [5.74, 6) is 0.501. The molecule has 1 atom stereocenters. The molecule has 27 heavy (non-hydrogen) atoms. The Bertz CT molecular complexity index is 1020. The molecule has 0 fully saturated rings. The lowest BCUT2D eigenvalue weighted by Gasteiger charge is -2.17. The van der Waals surface area contributed by atoms with Crippen LogP contribution in [0, 0.1) is 0 Å². The number of amides is 1. The highest BCUT2D eigenvalue weighted by molar-refractivity contribution is 7.16. The van der Waals surface area contributed by atoms with Crippen LogP contribution in [0.2, 0.25) is 0 Å². The van der Waals surface area contributed by atoms with Gasteiger partial charge >= 0.3 is 4.87 Å². The van der Waals surface area contributed by atoms with Crippen molar-refractivity contribution in [2.45, 2.75) is 46.3 Å². The molecular weight excluding hydrogens is 360 g/mol. The molecule has 1 aromatic heterocycles. The molecule has 0 saturated heterocycles. The van der Waals surface area contributed by atoms with Crippen molar-refractivity contribution in [2.24, 2.45) is 0 Å². The minimum atomic E-state index is -0.632. The van der Waals surface area contributed by atoms with Gasteiger partial charge in [0.25, 0.3) is 5.91 Å². The number of hydrogen-bond acceptors (Lipinski definition) is 4. The predicted molar refractivity (Wildman–Crippen MR) is 111 cm³/mol. The molecule has 1 N–H and O–H groups in total. The SMILES string of the molecule is CCc1ccccc1O[C@@H](C)C(=O)Nc1ccc2c(c1)sc(=O)n2C(C)C. The fourth-order valence-electron chi connectivity index (χ4n) is 3.00. The zero-order valence-corrected chi connectivity index (χ0v) is 16.8. The lowest BCUT2D eigenvalue weighted by Crippen LogP contribution is -2.30. The number of carbonyl (C=O) groups is 1. The van der Waals surface area contributed by atoms with Crippen LogP contribution in [-0.2, 0) is 11.2 Å². The van der Waals surface area contributed by atoms with Crippen LogP contribution in [0.1, 0.15) is 39.3 Å². The molecule has 0 unspecified atom stereocenters. The molecule has 0 bridgehead atoms. The molecule has 1 heterocycles. The first-order chi connectivity index (χ1) is 12.9. The first-order valence-electron chi connectivity index (χ1n) is 9.11. The molecule has 2 aromatic carbocycles. The molecule has 0 saturated carbocycles. The van der Waals surface area contributed by atoms with Crippen molar-refractivity contribution in [2.75, 3.05) is 5.32 Å². The van der Waals surface area contributed by atoms with Crippen LogP contribution in [0.5, 0.6) is 5.75 Å². The van der Waals surface area contributed by atoms with Crippen molar-refractivity contribution < 1.29 is 9.53 Å². The molecule has 5 nitrogen and oxygen atoms in total. The summed E-state index contributed by atoms with van der Waals surface area (Å²) >= 11 is 1.19.